The summed E-state index contributed by atoms with van der Waals surface area (Å²) in [5.41, 5.74) is 2.04. The van der Waals surface area contributed by atoms with Gasteiger partial charge < -0.3 is 10.1 Å². The number of hydrogen-bond donors (Lipinski definition) is 2. The van der Waals surface area contributed by atoms with Crippen molar-refractivity contribution in [3.05, 3.63) is 29.4 Å². The van der Waals surface area contributed by atoms with E-state index in [4.69, 9.17) is 0 Å². The Morgan fingerprint density at radius 2 is 2.47 bits per heavy atom. The molecule has 15 heavy (non-hydrogen) atoms. The second-order valence-corrected chi connectivity index (χ2v) is 4.31. The predicted octanol–water partition coefficient (Wildman–Crippen LogP) is 2.62. The Bertz CT molecular complexity index is 404. The van der Waals surface area contributed by atoms with Crippen LogP contribution in [0, 0.1) is 0 Å². The van der Waals surface area contributed by atoms with Crippen molar-refractivity contribution in [2.45, 2.75) is 19.3 Å². The first kappa shape index (κ1) is 10.4. The molecule has 2 N–H and O–H groups in total. The lowest BCUT2D eigenvalue weighted by Gasteiger charge is -2.06. The maximum Gasteiger partial charge on any atom is 0.139 e. The van der Waals surface area contributed by atoms with Crippen LogP contribution in [0.1, 0.15) is 25.0 Å². The number of H-pyrrole nitrogens is 1. The van der Waals surface area contributed by atoms with Crippen LogP contribution < -0.4 is 0 Å². The van der Waals surface area contributed by atoms with Gasteiger partial charge in [-0.3, -0.25) is 0 Å². The highest BCUT2D eigenvalue weighted by atomic mass is 32.1. The summed E-state index contributed by atoms with van der Waals surface area (Å²) in [7, 11) is 0. The Hall–Kier alpha value is -1.13. The van der Waals surface area contributed by atoms with Crippen LogP contribution in [-0.4, -0.2) is 21.7 Å². The van der Waals surface area contributed by atoms with Crippen LogP contribution in [0.5, 0.6) is 0 Å². The minimum absolute atomic E-state index is 0.171. The zero-order valence-corrected chi connectivity index (χ0v) is 9.42. The van der Waals surface area contributed by atoms with Gasteiger partial charge in [0.25, 0.3) is 0 Å². The zero-order chi connectivity index (χ0) is 10.7. The monoisotopic (exact) mass is 222 g/mol. The van der Waals surface area contributed by atoms with Crippen molar-refractivity contribution in [3.63, 3.8) is 0 Å². The van der Waals surface area contributed by atoms with Gasteiger partial charge >= 0.3 is 0 Å². The van der Waals surface area contributed by atoms with Gasteiger partial charge in [0.2, 0.25) is 0 Å². The van der Waals surface area contributed by atoms with Crippen LogP contribution in [0.3, 0.4) is 0 Å². The molecule has 0 aliphatic rings. The van der Waals surface area contributed by atoms with E-state index in [0.717, 1.165) is 22.8 Å². The highest BCUT2D eigenvalue weighted by Crippen LogP contribution is 2.26. The lowest BCUT2D eigenvalue weighted by molar-refractivity contribution is 0.260. The molecule has 1 atom stereocenters. The van der Waals surface area contributed by atoms with Crippen LogP contribution in [0.4, 0.5) is 0 Å². The summed E-state index contributed by atoms with van der Waals surface area (Å²) in [6, 6.07) is 3.96. The second kappa shape index (κ2) is 4.59. The molecule has 0 amide bonds. The van der Waals surface area contributed by atoms with Gasteiger partial charge in [0.05, 0.1) is 18.0 Å². The molecular weight excluding hydrogens is 208 g/mol. The van der Waals surface area contributed by atoms with Gasteiger partial charge in [-0.25, -0.2) is 4.98 Å². The summed E-state index contributed by atoms with van der Waals surface area (Å²) in [5.74, 6) is 0.171. The number of aromatic nitrogens is 2. The number of hydrogen-bond acceptors (Lipinski definition) is 3. The first-order valence-corrected chi connectivity index (χ1v) is 5.93. The molecule has 0 fully saturated rings. The van der Waals surface area contributed by atoms with Crippen molar-refractivity contribution >= 4 is 11.3 Å². The standard InChI is InChI=1S/C11H14N2OS/c1-2-8(6-14)10-7-15-11(13-10)9-4-3-5-12-9/h3-5,7-8,12,14H,2,6H2,1H3. The summed E-state index contributed by atoms with van der Waals surface area (Å²) in [5, 5.41) is 12.2. The van der Waals surface area contributed by atoms with E-state index < -0.39 is 0 Å². The van der Waals surface area contributed by atoms with Gasteiger partial charge in [-0.15, -0.1) is 11.3 Å². The number of aliphatic hydroxyl groups excluding tert-OH is 1. The molecular formula is C11H14N2OS. The lowest BCUT2D eigenvalue weighted by atomic mass is 10.1. The molecule has 1 unspecified atom stereocenters. The molecule has 0 spiro atoms. The number of aromatic amines is 1. The van der Waals surface area contributed by atoms with Crippen molar-refractivity contribution in [2.75, 3.05) is 6.61 Å². The molecule has 0 bridgehead atoms. The minimum Gasteiger partial charge on any atom is -0.396 e. The number of rotatable bonds is 4. The third-order valence-electron chi connectivity index (χ3n) is 2.48. The predicted molar refractivity (Wildman–Crippen MR) is 62.0 cm³/mol. The molecule has 0 aromatic carbocycles. The van der Waals surface area contributed by atoms with Crippen LogP contribution in [0.25, 0.3) is 10.7 Å². The largest absolute Gasteiger partial charge is 0.396 e. The van der Waals surface area contributed by atoms with Crippen molar-refractivity contribution in [3.8, 4) is 10.7 Å². The van der Waals surface area contributed by atoms with Crippen LogP contribution in [-0.2, 0) is 0 Å². The molecule has 3 nitrogen and oxygen atoms in total. The molecule has 2 aromatic heterocycles. The van der Waals surface area contributed by atoms with Crippen LogP contribution >= 0.6 is 11.3 Å². The summed E-state index contributed by atoms with van der Waals surface area (Å²) in [6.45, 7) is 2.24. The number of nitrogens with zero attached hydrogens (tertiary/aromatic N) is 1. The van der Waals surface area contributed by atoms with E-state index in [1.165, 1.54) is 0 Å². The van der Waals surface area contributed by atoms with Crippen molar-refractivity contribution in [1.82, 2.24) is 9.97 Å². The maximum absolute atomic E-state index is 9.18. The maximum atomic E-state index is 9.18. The number of aliphatic hydroxyl groups is 1. The topological polar surface area (TPSA) is 48.9 Å². The summed E-state index contributed by atoms with van der Waals surface area (Å²) in [4.78, 5) is 7.65. The van der Waals surface area contributed by atoms with Crippen molar-refractivity contribution in [2.24, 2.45) is 0 Å². The molecule has 0 saturated carbocycles. The molecule has 2 rings (SSSR count). The van der Waals surface area contributed by atoms with Crippen LogP contribution in [0.15, 0.2) is 23.7 Å². The normalized spacial score (nSPS) is 12.9. The number of thiazole rings is 1. The third-order valence-corrected chi connectivity index (χ3v) is 3.38. The number of nitrogens with one attached hydrogen (secondary N) is 1. The van der Waals surface area contributed by atoms with E-state index in [9.17, 15) is 5.11 Å². The SMILES string of the molecule is CCC(CO)c1csc(-c2ccc[nH]2)n1. The quantitative estimate of drug-likeness (QED) is 0.835. The van der Waals surface area contributed by atoms with Gasteiger partial charge in [-0.2, -0.15) is 0 Å². The minimum atomic E-state index is 0.171. The fraction of sp³-hybridized carbons (Fsp3) is 0.364. The van der Waals surface area contributed by atoms with Gasteiger partial charge in [-0.05, 0) is 18.6 Å². The molecule has 4 heteroatoms. The van der Waals surface area contributed by atoms with Gasteiger partial charge in [-0.1, -0.05) is 6.92 Å². The smallest absolute Gasteiger partial charge is 0.139 e. The fourth-order valence-corrected chi connectivity index (χ4v) is 2.38. The molecule has 80 valence electrons. The molecule has 2 heterocycles. The second-order valence-electron chi connectivity index (χ2n) is 3.45. The Labute approximate surface area is 92.8 Å². The van der Waals surface area contributed by atoms with Crippen LogP contribution in [0.2, 0.25) is 0 Å². The molecule has 0 aliphatic carbocycles. The zero-order valence-electron chi connectivity index (χ0n) is 8.60. The van der Waals surface area contributed by atoms with E-state index in [1.807, 2.05) is 23.7 Å². The van der Waals surface area contributed by atoms with Crippen molar-refractivity contribution < 1.29 is 5.11 Å². The Morgan fingerprint density at radius 3 is 3.07 bits per heavy atom. The van der Waals surface area contributed by atoms with Gasteiger partial charge in [0.1, 0.15) is 5.01 Å². The fourth-order valence-electron chi connectivity index (χ4n) is 1.49. The molecule has 0 radical (unpaired) electrons. The highest BCUT2D eigenvalue weighted by molar-refractivity contribution is 7.13. The lowest BCUT2D eigenvalue weighted by Crippen LogP contribution is -2.02. The Balaban J connectivity index is 2.24. The summed E-state index contributed by atoms with van der Waals surface area (Å²) >= 11 is 1.61. The first-order valence-electron chi connectivity index (χ1n) is 5.05. The van der Waals surface area contributed by atoms with Gasteiger partial charge in [0, 0.05) is 17.5 Å². The first-order chi connectivity index (χ1) is 7.35. The van der Waals surface area contributed by atoms with E-state index >= 15 is 0 Å². The van der Waals surface area contributed by atoms with Crippen molar-refractivity contribution in [1.29, 1.82) is 0 Å². The molecule has 0 aliphatic heterocycles. The summed E-state index contributed by atoms with van der Waals surface area (Å²) in [6.07, 6.45) is 2.81. The van der Waals surface area contributed by atoms with E-state index in [2.05, 4.69) is 16.9 Å². The summed E-state index contributed by atoms with van der Waals surface area (Å²) < 4.78 is 0. The average molecular weight is 222 g/mol. The molecule has 2 aromatic rings. The molecule has 0 saturated heterocycles. The third kappa shape index (κ3) is 2.11. The Morgan fingerprint density at radius 1 is 1.60 bits per heavy atom. The van der Waals surface area contributed by atoms with E-state index in [0.29, 0.717) is 0 Å². The van der Waals surface area contributed by atoms with Gasteiger partial charge in [0.15, 0.2) is 0 Å². The van der Waals surface area contributed by atoms with E-state index in [-0.39, 0.29) is 12.5 Å². The van der Waals surface area contributed by atoms with E-state index in [1.54, 1.807) is 11.3 Å². The Kier molecular flexibility index (Phi) is 3.18. The highest BCUT2D eigenvalue weighted by Gasteiger charge is 2.13. The average Bonchev–Trinajstić information content (AvgIpc) is 2.89.